The van der Waals surface area contributed by atoms with Crippen LogP contribution in [0.15, 0.2) is 24.3 Å². The lowest BCUT2D eigenvalue weighted by Crippen LogP contribution is -2.15. The largest absolute Gasteiger partial charge is 0.374 e. The summed E-state index contributed by atoms with van der Waals surface area (Å²) in [6.45, 7) is 0. The van der Waals surface area contributed by atoms with Gasteiger partial charge in [0.25, 0.3) is 0 Å². The number of anilines is 2. The van der Waals surface area contributed by atoms with Crippen molar-refractivity contribution in [3.05, 3.63) is 35.4 Å². The number of nitrogens with zero attached hydrogens (tertiary/aromatic N) is 2. The van der Waals surface area contributed by atoms with E-state index in [2.05, 4.69) is 39.8 Å². The molecule has 1 fully saturated rings. The molecule has 0 spiro atoms. The monoisotopic (exact) mass is 286 g/mol. The molecule has 20 heavy (non-hydrogen) atoms. The molecular weight excluding hydrogens is 272 g/mol. The number of nitrogens with two attached hydrogens (primary N) is 1. The Morgan fingerprint density at radius 2 is 2.20 bits per heavy atom. The van der Waals surface area contributed by atoms with E-state index in [1.165, 1.54) is 22.5 Å². The van der Waals surface area contributed by atoms with E-state index in [-0.39, 0.29) is 11.8 Å². The van der Waals surface area contributed by atoms with Gasteiger partial charge in [0.2, 0.25) is 16.2 Å². The van der Waals surface area contributed by atoms with Gasteiger partial charge < -0.3 is 11.1 Å². The summed E-state index contributed by atoms with van der Waals surface area (Å²) in [5, 5.41) is 11.2. The van der Waals surface area contributed by atoms with Crippen LogP contribution in [0.4, 0.5) is 10.3 Å². The smallest absolute Gasteiger partial charge is 0.230 e. The van der Waals surface area contributed by atoms with Gasteiger partial charge in [0.15, 0.2) is 0 Å². The fourth-order valence-electron chi connectivity index (χ4n) is 3.40. The van der Waals surface area contributed by atoms with Gasteiger partial charge in [-0.15, -0.1) is 10.2 Å². The van der Waals surface area contributed by atoms with Gasteiger partial charge in [-0.3, -0.25) is 4.79 Å². The molecule has 3 N–H and O–H groups in total. The van der Waals surface area contributed by atoms with Crippen LogP contribution in [0.1, 0.15) is 23.5 Å². The molecule has 0 radical (unpaired) electrons. The van der Waals surface area contributed by atoms with Gasteiger partial charge in [-0.1, -0.05) is 35.6 Å². The van der Waals surface area contributed by atoms with E-state index in [9.17, 15) is 4.79 Å². The molecule has 1 amide bonds. The SMILES string of the molecule is Nc1nnc(NC(=O)C2C3CCc4ccccc4C32)s1. The van der Waals surface area contributed by atoms with Crippen LogP contribution in [0.2, 0.25) is 0 Å². The zero-order valence-corrected chi connectivity index (χ0v) is 11.6. The third-order valence-electron chi connectivity index (χ3n) is 4.30. The number of aryl methyl sites for hydroxylation is 1. The van der Waals surface area contributed by atoms with Crippen molar-refractivity contribution in [3.63, 3.8) is 0 Å². The van der Waals surface area contributed by atoms with Crippen LogP contribution < -0.4 is 11.1 Å². The molecule has 0 aliphatic heterocycles. The average Bonchev–Trinajstić information content (AvgIpc) is 3.08. The second kappa shape index (κ2) is 4.28. The van der Waals surface area contributed by atoms with Crippen molar-refractivity contribution in [2.75, 3.05) is 11.1 Å². The highest BCUT2D eigenvalue weighted by atomic mass is 32.1. The first-order chi connectivity index (χ1) is 9.74. The summed E-state index contributed by atoms with van der Waals surface area (Å²) in [7, 11) is 0. The lowest BCUT2D eigenvalue weighted by atomic mass is 9.92. The van der Waals surface area contributed by atoms with E-state index < -0.39 is 0 Å². The van der Waals surface area contributed by atoms with E-state index in [0.717, 1.165) is 12.8 Å². The zero-order valence-electron chi connectivity index (χ0n) is 10.7. The van der Waals surface area contributed by atoms with Gasteiger partial charge in [-0.2, -0.15) is 0 Å². The predicted molar refractivity (Wildman–Crippen MR) is 77.4 cm³/mol. The maximum absolute atomic E-state index is 12.3. The van der Waals surface area contributed by atoms with Crippen molar-refractivity contribution < 1.29 is 4.79 Å². The topological polar surface area (TPSA) is 80.9 Å². The van der Waals surface area contributed by atoms with Crippen LogP contribution in [0, 0.1) is 11.8 Å². The maximum atomic E-state index is 12.3. The Labute approximate surface area is 120 Å². The molecule has 1 heterocycles. The first kappa shape index (κ1) is 11.8. The number of rotatable bonds is 2. The summed E-state index contributed by atoms with van der Waals surface area (Å²) in [5.74, 6) is 0.983. The van der Waals surface area contributed by atoms with E-state index in [1.54, 1.807) is 0 Å². The number of hydrogen-bond donors (Lipinski definition) is 2. The third-order valence-corrected chi connectivity index (χ3v) is 4.97. The van der Waals surface area contributed by atoms with Crippen molar-refractivity contribution in [1.29, 1.82) is 0 Å². The Hall–Kier alpha value is -1.95. The summed E-state index contributed by atoms with van der Waals surface area (Å²) in [5.41, 5.74) is 8.26. The Bertz CT molecular complexity index is 683. The molecule has 1 aromatic carbocycles. The fraction of sp³-hybridized carbons (Fsp3) is 0.357. The second-order valence-electron chi connectivity index (χ2n) is 5.39. The number of carbonyl (C=O) groups excluding carboxylic acids is 1. The minimum atomic E-state index is 0.0489. The number of fused-ring (bicyclic) bond motifs is 3. The Morgan fingerprint density at radius 1 is 1.35 bits per heavy atom. The second-order valence-corrected chi connectivity index (χ2v) is 6.40. The van der Waals surface area contributed by atoms with Crippen LogP contribution in [-0.2, 0) is 11.2 Å². The molecule has 3 atom stereocenters. The molecule has 5 nitrogen and oxygen atoms in total. The number of aromatic nitrogens is 2. The minimum Gasteiger partial charge on any atom is -0.374 e. The molecule has 1 aromatic heterocycles. The summed E-state index contributed by atoms with van der Waals surface area (Å²) in [6.07, 6.45) is 2.17. The summed E-state index contributed by atoms with van der Waals surface area (Å²) in [6, 6.07) is 8.45. The Morgan fingerprint density at radius 3 is 3.00 bits per heavy atom. The minimum absolute atomic E-state index is 0.0489. The number of carbonyl (C=O) groups is 1. The standard InChI is InChI=1S/C14H14N4OS/c15-13-17-18-14(20-13)16-12(19)11-9-6-5-7-3-1-2-4-8(7)10(9)11/h1-4,9-11H,5-6H2,(H2,15,17)(H,16,18,19). The van der Waals surface area contributed by atoms with Crippen molar-refractivity contribution in [3.8, 4) is 0 Å². The molecular formula is C14H14N4OS. The number of hydrogen-bond acceptors (Lipinski definition) is 5. The Kier molecular flexibility index (Phi) is 2.53. The van der Waals surface area contributed by atoms with Crippen molar-refractivity contribution in [2.24, 2.45) is 11.8 Å². The molecule has 2 aromatic rings. The summed E-state index contributed by atoms with van der Waals surface area (Å²) in [4.78, 5) is 12.3. The van der Waals surface area contributed by atoms with Crippen LogP contribution in [0.25, 0.3) is 0 Å². The van der Waals surface area contributed by atoms with Crippen molar-refractivity contribution in [1.82, 2.24) is 10.2 Å². The number of amides is 1. The van der Waals surface area contributed by atoms with E-state index in [1.807, 2.05) is 0 Å². The normalized spacial score (nSPS) is 26.5. The van der Waals surface area contributed by atoms with Crippen LogP contribution in [0.5, 0.6) is 0 Å². The fourth-order valence-corrected chi connectivity index (χ4v) is 3.91. The molecule has 0 saturated heterocycles. The molecule has 6 heteroatoms. The van der Waals surface area contributed by atoms with E-state index in [4.69, 9.17) is 5.73 Å². The van der Waals surface area contributed by atoms with Gasteiger partial charge in [0.05, 0.1) is 0 Å². The van der Waals surface area contributed by atoms with Gasteiger partial charge in [0, 0.05) is 5.92 Å². The van der Waals surface area contributed by atoms with E-state index in [0.29, 0.717) is 22.1 Å². The third kappa shape index (κ3) is 1.79. The zero-order chi connectivity index (χ0) is 13.7. The maximum Gasteiger partial charge on any atom is 0.230 e. The molecule has 0 bridgehead atoms. The van der Waals surface area contributed by atoms with Crippen LogP contribution in [-0.4, -0.2) is 16.1 Å². The Balaban J connectivity index is 1.53. The summed E-state index contributed by atoms with van der Waals surface area (Å²) >= 11 is 1.20. The molecule has 1 saturated carbocycles. The molecule has 2 aliphatic rings. The van der Waals surface area contributed by atoms with Gasteiger partial charge in [-0.05, 0) is 35.8 Å². The first-order valence-corrected chi connectivity index (χ1v) is 7.53. The quantitative estimate of drug-likeness (QED) is 0.885. The highest BCUT2D eigenvalue weighted by molar-refractivity contribution is 7.18. The lowest BCUT2D eigenvalue weighted by molar-refractivity contribution is -0.117. The van der Waals surface area contributed by atoms with Gasteiger partial charge in [-0.25, -0.2) is 0 Å². The molecule has 2 aliphatic carbocycles. The number of nitrogen functional groups attached to an aromatic ring is 1. The summed E-state index contributed by atoms with van der Waals surface area (Å²) < 4.78 is 0. The first-order valence-electron chi connectivity index (χ1n) is 6.71. The van der Waals surface area contributed by atoms with Crippen LogP contribution >= 0.6 is 11.3 Å². The highest BCUT2D eigenvalue weighted by Crippen LogP contribution is 2.60. The van der Waals surface area contributed by atoms with E-state index >= 15 is 0 Å². The highest BCUT2D eigenvalue weighted by Gasteiger charge is 2.57. The van der Waals surface area contributed by atoms with Gasteiger partial charge in [0.1, 0.15) is 0 Å². The molecule has 102 valence electrons. The number of benzene rings is 1. The molecule has 3 unspecified atom stereocenters. The lowest BCUT2D eigenvalue weighted by Gasteiger charge is -2.13. The van der Waals surface area contributed by atoms with Crippen molar-refractivity contribution in [2.45, 2.75) is 18.8 Å². The predicted octanol–water partition coefficient (Wildman–Crippen LogP) is 2.03. The van der Waals surface area contributed by atoms with Crippen LogP contribution in [0.3, 0.4) is 0 Å². The average molecular weight is 286 g/mol. The van der Waals surface area contributed by atoms with Gasteiger partial charge >= 0.3 is 0 Å². The molecule has 4 rings (SSSR count). The number of nitrogens with one attached hydrogen (secondary N) is 1. The van der Waals surface area contributed by atoms with Crippen molar-refractivity contribution >= 4 is 27.5 Å².